The first-order chi connectivity index (χ1) is 14.4. The number of ether oxygens (including phenoxy) is 1. The lowest BCUT2D eigenvalue weighted by Gasteiger charge is -2.20. The van der Waals surface area contributed by atoms with Crippen LogP contribution in [0.2, 0.25) is 0 Å². The molecule has 1 aromatic carbocycles. The van der Waals surface area contributed by atoms with E-state index in [-0.39, 0.29) is 42.4 Å². The van der Waals surface area contributed by atoms with Crippen molar-refractivity contribution in [2.75, 3.05) is 31.1 Å². The topological polar surface area (TPSA) is 61.8 Å². The van der Waals surface area contributed by atoms with Crippen molar-refractivity contribution in [1.29, 1.82) is 0 Å². The lowest BCUT2D eigenvalue weighted by atomic mass is 10.2. The van der Waals surface area contributed by atoms with Gasteiger partial charge in [-0.15, -0.1) is 24.0 Å². The molecule has 0 bridgehead atoms. The minimum atomic E-state index is -4.42. The van der Waals surface area contributed by atoms with Gasteiger partial charge < -0.3 is 20.3 Å². The second-order valence-electron chi connectivity index (χ2n) is 6.98. The monoisotopic (exact) mass is 549 g/mol. The number of hydrogen-bond donors (Lipinski definition) is 2. The summed E-state index contributed by atoms with van der Waals surface area (Å²) in [7, 11) is 0. The number of nitrogens with zero attached hydrogens (tertiary/aromatic N) is 3. The Morgan fingerprint density at radius 3 is 2.71 bits per heavy atom. The first kappa shape index (κ1) is 25.0. The van der Waals surface area contributed by atoms with Crippen LogP contribution in [0.15, 0.2) is 53.7 Å². The standard InChI is InChI=1S/C21H26F3N5O.HI/c1-2-25-20(28-17-10-12-29(14-17)18-8-4-3-5-9-18)27-13-16-7-6-11-26-19(16)30-15-21(22,23)24;/h3-9,11,17H,2,10,12-15H2,1H3,(H2,25,27,28);1H. The molecule has 1 aromatic heterocycles. The number of anilines is 1. The third-order valence-electron chi connectivity index (χ3n) is 4.62. The van der Waals surface area contributed by atoms with Crippen LogP contribution in [-0.2, 0) is 6.54 Å². The van der Waals surface area contributed by atoms with Crippen LogP contribution in [-0.4, -0.2) is 49.4 Å². The summed E-state index contributed by atoms with van der Waals surface area (Å²) in [5.41, 5.74) is 1.68. The van der Waals surface area contributed by atoms with E-state index in [0.29, 0.717) is 18.1 Å². The number of pyridine rings is 1. The molecule has 6 nitrogen and oxygen atoms in total. The molecule has 2 aromatic rings. The minimum Gasteiger partial charge on any atom is -0.468 e. The second kappa shape index (κ2) is 12.0. The molecule has 170 valence electrons. The largest absolute Gasteiger partial charge is 0.468 e. The number of nitrogens with one attached hydrogen (secondary N) is 2. The molecule has 1 fully saturated rings. The Morgan fingerprint density at radius 2 is 2.00 bits per heavy atom. The van der Waals surface area contributed by atoms with Crippen LogP contribution >= 0.6 is 24.0 Å². The molecule has 10 heteroatoms. The second-order valence-corrected chi connectivity index (χ2v) is 6.98. The number of alkyl halides is 3. The fourth-order valence-corrected chi connectivity index (χ4v) is 3.25. The van der Waals surface area contributed by atoms with Crippen molar-refractivity contribution in [3.05, 3.63) is 54.2 Å². The van der Waals surface area contributed by atoms with Crippen molar-refractivity contribution in [2.24, 2.45) is 4.99 Å². The third kappa shape index (κ3) is 8.08. The van der Waals surface area contributed by atoms with E-state index in [1.54, 1.807) is 12.1 Å². The predicted molar refractivity (Wildman–Crippen MR) is 126 cm³/mol. The third-order valence-corrected chi connectivity index (χ3v) is 4.62. The Hall–Kier alpha value is -2.24. The summed E-state index contributed by atoms with van der Waals surface area (Å²) >= 11 is 0. The predicted octanol–water partition coefficient (Wildman–Crippen LogP) is 3.97. The van der Waals surface area contributed by atoms with Gasteiger partial charge in [-0.25, -0.2) is 9.98 Å². The zero-order chi connectivity index (χ0) is 21.4. The molecule has 31 heavy (non-hydrogen) atoms. The van der Waals surface area contributed by atoms with Crippen molar-refractivity contribution >= 4 is 35.6 Å². The van der Waals surface area contributed by atoms with Crippen LogP contribution in [0.1, 0.15) is 18.9 Å². The molecule has 0 radical (unpaired) electrons. The molecule has 1 saturated heterocycles. The summed E-state index contributed by atoms with van der Waals surface area (Å²) in [6, 6.07) is 13.8. The van der Waals surface area contributed by atoms with Gasteiger partial charge in [0.05, 0.1) is 6.54 Å². The lowest BCUT2D eigenvalue weighted by molar-refractivity contribution is -0.154. The summed E-state index contributed by atoms with van der Waals surface area (Å²) < 4.78 is 42.2. The number of halogens is 4. The van der Waals surface area contributed by atoms with Crippen molar-refractivity contribution in [1.82, 2.24) is 15.6 Å². The van der Waals surface area contributed by atoms with Gasteiger partial charge in [0.1, 0.15) is 0 Å². The van der Waals surface area contributed by atoms with E-state index in [1.165, 1.54) is 11.9 Å². The molecular formula is C21H27F3IN5O. The van der Waals surface area contributed by atoms with Crippen molar-refractivity contribution < 1.29 is 17.9 Å². The molecule has 1 atom stereocenters. The molecule has 1 unspecified atom stereocenters. The normalized spacial score (nSPS) is 16.6. The molecule has 0 spiro atoms. The molecular weight excluding hydrogens is 522 g/mol. The quantitative estimate of drug-likeness (QED) is 0.311. The van der Waals surface area contributed by atoms with Gasteiger partial charge in [-0.3, -0.25) is 0 Å². The molecule has 1 aliphatic rings. The van der Waals surface area contributed by atoms with E-state index in [0.717, 1.165) is 19.5 Å². The Labute approximate surface area is 197 Å². The van der Waals surface area contributed by atoms with E-state index in [9.17, 15) is 13.2 Å². The van der Waals surface area contributed by atoms with Gasteiger partial charge in [0, 0.05) is 43.1 Å². The summed E-state index contributed by atoms with van der Waals surface area (Å²) in [6.45, 7) is 3.21. The number of hydrogen-bond acceptors (Lipinski definition) is 4. The highest BCUT2D eigenvalue weighted by molar-refractivity contribution is 14.0. The number of benzene rings is 1. The van der Waals surface area contributed by atoms with Gasteiger partial charge in [0.15, 0.2) is 12.6 Å². The molecule has 1 aliphatic heterocycles. The number of aromatic nitrogens is 1. The van der Waals surface area contributed by atoms with Gasteiger partial charge in [-0.2, -0.15) is 13.2 Å². The van der Waals surface area contributed by atoms with E-state index >= 15 is 0 Å². The molecule has 2 heterocycles. The van der Waals surface area contributed by atoms with Crippen LogP contribution in [0.25, 0.3) is 0 Å². The zero-order valence-corrected chi connectivity index (χ0v) is 19.6. The molecule has 0 amide bonds. The maximum absolute atomic E-state index is 12.5. The number of para-hydroxylation sites is 1. The summed E-state index contributed by atoms with van der Waals surface area (Å²) in [5.74, 6) is 0.563. The average Bonchev–Trinajstić information content (AvgIpc) is 3.20. The van der Waals surface area contributed by atoms with Crippen molar-refractivity contribution in [2.45, 2.75) is 32.1 Å². The summed E-state index contributed by atoms with van der Waals surface area (Å²) in [5, 5.41) is 6.61. The van der Waals surface area contributed by atoms with Crippen LogP contribution in [0, 0.1) is 0 Å². The molecule has 2 N–H and O–H groups in total. The Bertz CT molecular complexity index is 835. The van der Waals surface area contributed by atoms with Crippen molar-refractivity contribution in [3.63, 3.8) is 0 Å². The molecule has 0 saturated carbocycles. The van der Waals surface area contributed by atoms with Crippen LogP contribution in [0.4, 0.5) is 18.9 Å². The maximum Gasteiger partial charge on any atom is 0.422 e. The molecule has 0 aliphatic carbocycles. The van der Waals surface area contributed by atoms with Gasteiger partial charge in [-0.1, -0.05) is 24.3 Å². The van der Waals surface area contributed by atoms with E-state index < -0.39 is 12.8 Å². The lowest BCUT2D eigenvalue weighted by Crippen LogP contribution is -2.44. The van der Waals surface area contributed by atoms with E-state index in [2.05, 4.69) is 37.6 Å². The Morgan fingerprint density at radius 1 is 1.23 bits per heavy atom. The highest BCUT2D eigenvalue weighted by atomic mass is 127. The smallest absolute Gasteiger partial charge is 0.422 e. The first-order valence-electron chi connectivity index (χ1n) is 9.93. The fourth-order valence-electron chi connectivity index (χ4n) is 3.25. The number of aliphatic imine (C=N–C) groups is 1. The number of guanidine groups is 1. The van der Waals surface area contributed by atoms with Gasteiger partial charge >= 0.3 is 6.18 Å². The average molecular weight is 549 g/mol. The van der Waals surface area contributed by atoms with Gasteiger partial charge in [0.2, 0.25) is 5.88 Å². The summed E-state index contributed by atoms with van der Waals surface area (Å²) in [4.78, 5) is 10.7. The van der Waals surface area contributed by atoms with Crippen molar-refractivity contribution in [3.8, 4) is 5.88 Å². The SMILES string of the molecule is CCNC(=NCc1cccnc1OCC(F)(F)F)NC1CCN(c2ccccc2)C1.I. The van der Waals surface area contributed by atoms with Gasteiger partial charge in [0.25, 0.3) is 0 Å². The maximum atomic E-state index is 12.5. The minimum absolute atomic E-state index is 0. The van der Waals surface area contributed by atoms with E-state index in [1.807, 2.05) is 25.1 Å². The first-order valence-corrected chi connectivity index (χ1v) is 9.93. The van der Waals surface area contributed by atoms with Crippen LogP contribution in [0.5, 0.6) is 5.88 Å². The summed E-state index contributed by atoms with van der Waals surface area (Å²) in [6.07, 6.45) is -2.05. The Balaban J connectivity index is 0.00000341. The molecule has 3 rings (SSSR count). The zero-order valence-electron chi connectivity index (χ0n) is 17.2. The van der Waals surface area contributed by atoms with E-state index in [4.69, 9.17) is 4.74 Å². The number of rotatable bonds is 7. The van der Waals surface area contributed by atoms with Gasteiger partial charge in [-0.05, 0) is 31.5 Å². The highest BCUT2D eigenvalue weighted by Crippen LogP contribution is 2.21. The highest BCUT2D eigenvalue weighted by Gasteiger charge is 2.29. The van der Waals surface area contributed by atoms with Crippen LogP contribution < -0.4 is 20.3 Å². The Kier molecular flexibility index (Phi) is 9.66. The fraction of sp³-hybridized carbons (Fsp3) is 0.429. The van der Waals surface area contributed by atoms with Crippen LogP contribution in [0.3, 0.4) is 0 Å².